The molecule has 0 saturated heterocycles. The summed E-state index contributed by atoms with van der Waals surface area (Å²) < 4.78 is 7.18. The minimum absolute atomic E-state index is 0.265. The molecule has 16 heavy (non-hydrogen) atoms. The molecular formula is C11H10N4O. The third kappa shape index (κ3) is 1.86. The van der Waals surface area contributed by atoms with Crippen LogP contribution in [0, 0.1) is 18.3 Å². The summed E-state index contributed by atoms with van der Waals surface area (Å²) in [5.74, 6) is 1.02. The molecule has 80 valence electrons. The molecule has 0 bridgehead atoms. The molecule has 0 N–H and O–H groups in total. The zero-order valence-electron chi connectivity index (χ0n) is 9.01. The van der Waals surface area contributed by atoms with Crippen LogP contribution in [0.15, 0.2) is 24.4 Å². The van der Waals surface area contributed by atoms with Gasteiger partial charge < -0.3 is 4.74 Å². The van der Waals surface area contributed by atoms with Crippen molar-refractivity contribution in [3.8, 4) is 17.7 Å². The van der Waals surface area contributed by atoms with Crippen LogP contribution in [-0.2, 0) is 7.05 Å². The van der Waals surface area contributed by atoms with Crippen molar-refractivity contribution in [3.63, 3.8) is 0 Å². The van der Waals surface area contributed by atoms with E-state index in [0.717, 1.165) is 5.69 Å². The Bertz CT molecular complexity index is 553. The minimum Gasteiger partial charge on any atom is -0.436 e. The van der Waals surface area contributed by atoms with E-state index in [1.165, 1.54) is 0 Å². The number of rotatable bonds is 2. The van der Waals surface area contributed by atoms with E-state index in [2.05, 4.69) is 10.1 Å². The lowest BCUT2D eigenvalue weighted by Crippen LogP contribution is -1.97. The summed E-state index contributed by atoms with van der Waals surface area (Å²) in [6.45, 7) is 1.88. The van der Waals surface area contributed by atoms with Gasteiger partial charge in [-0.25, -0.2) is 9.67 Å². The van der Waals surface area contributed by atoms with Crippen molar-refractivity contribution in [1.82, 2.24) is 14.8 Å². The molecule has 0 aliphatic carbocycles. The van der Waals surface area contributed by atoms with Crippen molar-refractivity contribution in [2.75, 3.05) is 0 Å². The average molecular weight is 214 g/mol. The SMILES string of the molecule is Cc1cc(Oc2cccnc2C#N)n(C)n1. The summed E-state index contributed by atoms with van der Waals surface area (Å²) in [7, 11) is 1.78. The fourth-order valence-electron chi connectivity index (χ4n) is 1.35. The van der Waals surface area contributed by atoms with Crippen LogP contribution < -0.4 is 4.74 Å². The Hall–Kier alpha value is -2.35. The molecule has 0 fully saturated rings. The summed E-state index contributed by atoms with van der Waals surface area (Å²) in [6.07, 6.45) is 1.56. The standard InChI is InChI=1S/C11H10N4O/c1-8-6-11(15(2)14-8)16-10-4-3-5-13-9(10)7-12/h3-6H,1-2H3. The molecule has 2 aromatic heterocycles. The maximum absolute atomic E-state index is 8.86. The van der Waals surface area contributed by atoms with Gasteiger partial charge in [0.1, 0.15) is 6.07 Å². The van der Waals surface area contributed by atoms with Gasteiger partial charge in [0.25, 0.3) is 0 Å². The second kappa shape index (κ2) is 4.03. The Morgan fingerprint density at radius 1 is 1.50 bits per heavy atom. The molecule has 0 aliphatic heterocycles. The van der Waals surface area contributed by atoms with Crippen molar-refractivity contribution in [1.29, 1.82) is 5.26 Å². The van der Waals surface area contributed by atoms with Gasteiger partial charge in [0.05, 0.1) is 5.69 Å². The fourth-order valence-corrected chi connectivity index (χ4v) is 1.35. The lowest BCUT2D eigenvalue weighted by atomic mass is 10.3. The predicted octanol–water partition coefficient (Wildman–Crippen LogP) is 1.79. The molecule has 5 nitrogen and oxygen atoms in total. The first-order chi connectivity index (χ1) is 7.70. The molecule has 5 heteroatoms. The summed E-state index contributed by atoms with van der Waals surface area (Å²) in [5.41, 5.74) is 1.13. The first-order valence-electron chi connectivity index (χ1n) is 4.74. The number of ether oxygens (including phenoxy) is 1. The Morgan fingerprint density at radius 2 is 2.31 bits per heavy atom. The highest BCUT2D eigenvalue weighted by Gasteiger charge is 2.08. The molecule has 2 aromatic rings. The van der Waals surface area contributed by atoms with E-state index in [1.54, 1.807) is 36.1 Å². The van der Waals surface area contributed by atoms with Crippen LogP contribution in [0.25, 0.3) is 0 Å². The molecule has 2 heterocycles. The van der Waals surface area contributed by atoms with Crippen molar-refractivity contribution >= 4 is 0 Å². The highest BCUT2D eigenvalue weighted by molar-refractivity contribution is 5.38. The normalized spacial score (nSPS) is 9.81. The maximum atomic E-state index is 8.86. The number of aryl methyl sites for hydroxylation is 2. The number of nitriles is 1. The first-order valence-corrected chi connectivity index (χ1v) is 4.74. The van der Waals surface area contributed by atoms with Gasteiger partial charge in [-0.05, 0) is 19.1 Å². The van der Waals surface area contributed by atoms with Crippen LogP contribution in [0.1, 0.15) is 11.4 Å². The zero-order chi connectivity index (χ0) is 11.5. The van der Waals surface area contributed by atoms with Crippen LogP contribution in [0.5, 0.6) is 11.6 Å². The van der Waals surface area contributed by atoms with E-state index in [0.29, 0.717) is 11.6 Å². The molecule has 0 saturated carbocycles. The molecular weight excluding hydrogens is 204 g/mol. The molecule has 0 aromatic carbocycles. The minimum atomic E-state index is 0.265. The van der Waals surface area contributed by atoms with Crippen molar-refractivity contribution in [2.24, 2.45) is 7.05 Å². The highest BCUT2D eigenvalue weighted by atomic mass is 16.5. The van der Waals surface area contributed by atoms with Gasteiger partial charge in [0, 0.05) is 19.3 Å². The Labute approximate surface area is 92.9 Å². The van der Waals surface area contributed by atoms with Crippen molar-refractivity contribution in [3.05, 3.63) is 35.8 Å². The van der Waals surface area contributed by atoms with Gasteiger partial charge in [0.15, 0.2) is 11.4 Å². The highest BCUT2D eigenvalue weighted by Crippen LogP contribution is 2.23. The van der Waals surface area contributed by atoms with Crippen LogP contribution in [0.2, 0.25) is 0 Å². The van der Waals surface area contributed by atoms with Crippen LogP contribution in [0.3, 0.4) is 0 Å². The van der Waals surface area contributed by atoms with E-state index in [1.807, 2.05) is 13.0 Å². The second-order valence-corrected chi connectivity index (χ2v) is 3.31. The lowest BCUT2D eigenvalue weighted by molar-refractivity contribution is 0.427. The fraction of sp³-hybridized carbons (Fsp3) is 0.182. The third-order valence-electron chi connectivity index (χ3n) is 2.05. The van der Waals surface area contributed by atoms with E-state index < -0.39 is 0 Å². The summed E-state index contributed by atoms with van der Waals surface area (Å²) in [4.78, 5) is 3.91. The number of hydrogen-bond acceptors (Lipinski definition) is 4. The lowest BCUT2D eigenvalue weighted by Gasteiger charge is -2.05. The van der Waals surface area contributed by atoms with Crippen LogP contribution in [-0.4, -0.2) is 14.8 Å². The van der Waals surface area contributed by atoms with E-state index in [-0.39, 0.29) is 5.69 Å². The average Bonchev–Trinajstić information content (AvgIpc) is 2.58. The van der Waals surface area contributed by atoms with Gasteiger partial charge in [-0.15, -0.1) is 0 Å². The molecule has 0 amide bonds. The zero-order valence-corrected chi connectivity index (χ0v) is 9.01. The molecule has 0 atom stereocenters. The Morgan fingerprint density at radius 3 is 2.94 bits per heavy atom. The van der Waals surface area contributed by atoms with Gasteiger partial charge >= 0.3 is 0 Å². The number of aromatic nitrogens is 3. The van der Waals surface area contributed by atoms with Gasteiger partial charge in [0.2, 0.25) is 5.88 Å². The molecule has 2 rings (SSSR count). The third-order valence-corrected chi connectivity index (χ3v) is 2.05. The van der Waals surface area contributed by atoms with Crippen molar-refractivity contribution in [2.45, 2.75) is 6.92 Å². The van der Waals surface area contributed by atoms with Crippen LogP contribution in [0.4, 0.5) is 0 Å². The largest absolute Gasteiger partial charge is 0.436 e. The summed E-state index contributed by atoms with van der Waals surface area (Å²) in [5, 5.41) is 13.0. The number of nitrogens with zero attached hydrogens (tertiary/aromatic N) is 4. The van der Waals surface area contributed by atoms with Gasteiger partial charge in [-0.3, -0.25) is 0 Å². The topological polar surface area (TPSA) is 63.7 Å². The Balaban J connectivity index is 2.34. The molecule has 0 aliphatic rings. The first kappa shape index (κ1) is 10.2. The smallest absolute Gasteiger partial charge is 0.217 e. The second-order valence-electron chi connectivity index (χ2n) is 3.31. The monoisotopic (exact) mass is 214 g/mol. The van der Waals surface area contributed by atoms with E-state index >= 15 is 0 Å². The quantitative estimate of drug-likeness (QED) is 0.764. The Kier molecular flexibility index (Phi) is 2.56. The number of pyridine rings is 1. The maximum Gasteiger partial charge on any atom is 0.217 e. The molecule has 0 spiro atoms. The van der Waals surface area contributed by atoms with Gasteiger partial charge in [-0.2, -0.15) is 10.4 Å². The molecule has 0 unspecified atom stereocenters. The van der Waals surface area contributed by atoms with E-state index in [9.17, 15) is 0 Å². The molecule has 0 radical (unpaired) electrons. The van der Waals surface area contributed by atoms with Crippen molar-refractivity contribution < 1.29 is 4.74 Å². The van der Waals surface area contributed by atoms with E-state index in [4.69, 9.17) is 10.00 Å². The van der Waals surface area contributed by atoms with Gasteiger partial charge in [-0.1, -0.05) is 0 Å². The van der Waals surface area contributed by atoms with Crippen LogP contribution >= 0.6 is 0 Å². The summed E-state index contributed by atoms with van der Waals surface area (Å²) >= 11 is 0. The number of hydrogen-bond donors (Lipinski definition) is 0. The summed E-state index contributed by atoms with van der Waals surface area (Å²) in [6, 6.07) is 7.20. The predicted molar refractivity (Wildman–Crippen MR) is 57.0 cm³/mol.